The molecule has 2 aromatic rings. The molecule has 0 spiro atoms. The van der Waals surface area contributed by atoms with E-state index in [9.17, 15) is 9.18 Å². The van der Waals surface area contributed by atoms with E-state index in [0.717, 1.165) is 12.3 Å². The third-order valence-corrected chi connectivity index (χ3v) is 3.71. The first-order valence-corrected chi connectivity index (χ1v) is 7.00. The number of benzene rings is 1. The number of amides is 1. The van der Waals surface area contributed by atoms with Crippen molar-refractivity contribution < 1.29 is 9.18 Å². The second-order valence-corrected chi connectivity index (χ2v) is 5.24. The number of H-pyrrole nitrogens is 1. The maximum atomic E-state index is 12.9. The smallest absolute Gasteiger partial charge is 0.261 e. The van der Waals surface area contributed by atoms with Crippen LogP contribution in [0.2, 0.25) is 0 Å². The van der Waals surface area contributed by atoms with E-state index in [-0.39, 0.29) is 11.7 Å². The van der Waals surface area contributed by atoms with E-state index in [0.29, 0.717) is 22.0 Å². The molecule has 0 unspecified atom stereocenters. The first kappa shape index (κ1) is 12.9. The Balaban J connectivity index is 1.85. The molecule has 0 fully saturated rings. The first-order valence-electron chi connectivity index (χ1n) is 6.02. The number of carbonyl (C=O) groups excluding carboxylic acids is 1. The van der Waals surface area contributed by atoms with E-state index in [2.05, 4.69) is 20.5 Å². The lowest BCUT2D eigenvalue weighted by molar-refractivity contribution is 0.0978. The number of nitrogens with zero attached hydrogens (tertiary/aromatic N) is 2. The zero-order chi connectivity index (χ0) is 13.9. The Bertz CT molecular complexity index is 665. The van der Waals surface area contributed by atoms with Crippen LogP contribution in [0, 0.1) is 5.82 Å². The van der Waals surface area contributed by atoms with Gasteiger partial charge >= 0.3 is 0 Å². The molecule has 1 aromatic carbocycles. The summed E-state index contributed by atoms with van der Waals surface area (Å²) in [5.74, 6) is 0.286. The molecule has 0 saturated carbocycles. The number of amidine groups is 1. The third-order valence-electron chi connectivity index (χ3n) is 2.82. The van der Waals surface area contributed by atoms with Crippen LogP contribution in [0.1, 0.15) is 10.4 Å². The van der Waals surface area contributed by atoms with Gasteiger partial charge in [0.05, 0.1) is 24.0 Å². The summed E-state index contributed by atoms with van der Waals surface area (Å²) in [4.78, 5) is 16.4. The summed E-state index contributed by atoms with van der Waals surface area (Å²) < 4.78 is 12.9. The second-order valence-electron chi connectivity index (χ2n) is 4.16. The van der Waals surface area contributed by atoms with Crippen molar-refractivity contribution in [2.75, 3.05) is 12.3 Å². The van der Waals surface area contributed by atoms with Crippen LogP contribution >= 0.6 is 11.8 Å². The molecule has 1 aliphatic rings. The molecular formula is C13H11FN4OS. The van der Waals surface area contributed by atoms with Gasteiger partial charge < -0.3 is 5.32 Å². The standard InChI is InChI=1S/C13H11FN4OS/c14-9-3-1-8(2-4-9)11-10(7-16-18-11)12(19)17-13-15-5-6-20-13/h1-4,7H,5-6H2,(H,16,18)(H,15,17,19). The molecule has 102 valence electrons. The molecule has 0 saturated heterocycles. The molecule has 2 N–H and O–H groups in total. The van der Waals surface area contributed by atoms with Crippen LogP contribution in [0.25, 0.3) is 11.3 Å². The monoisotopic (exact) mass is 290 g/mol. The fourth-order valence-electron chi connectivity index (χ4n) is 1.87. The fourth-order valence-corrected chi connectivity index (χ4v) is 2.59. The van der Waals surface area contributed by atoms with Gasteiger partial charge in [0.1, 0.15) is 5.82 Å². The topological polar surface area (TPSA) is 70.1 Å². The first-order chi connectivity index (χ1) is 9.74. The van der Waals surface area contributed by atoms with Gasteiger partial charge in [0.25, 0.3) is 5.91 Å². The number of hydrogen-bond donors (Lipinski definition) is 2. The molecule has 2 heterocycles. The quantitative estimate of drug-likeness (QED) is 0.889. The Morgan fingerprint density at radius 1 is 1.35 bits per heavy atom. The van der Waals surface area contributed by atoms with Crippen molar-refractivity contribution >= 4 is 22.8 Å². The molecule has 1 aromatic heterocycles. The second kappa shape index (κ2) is 5.46. The normalized spacial score (nSPS) is 14.2. The van der Waals surface area contributed by atoms with E-state index >= 15 is 0 Å². The third kappa shape index (κ3) is 2.57. The van der Waals surface area contributed by atoms with Gasteiger partial charge in [-0.2, -0.15) is 5.10 Å². The summed E-state index contributed by atoms with van der Waals surface area (Å²) in [7, 11) is 0. The number of carbonyl (C=O) groups is 1. The molecule has 0 aliphatic carbocycles. The van der Waals surface area contributed by atoms with Gasteiger partial charge in [0.2, 0.25) is 0 Å². The molecule has 20 heavy (non-hydrogen) atoms. The molecule has 7 heteroatoms. The van der Waals surface area contributed by atoms with E-state index in [4.69, 9.17) is 0 Å². The largest absolute Gasteiger partial charge is 0.301 e. The maximum absolute atomic E-state index is 12.9. The Hall–Kier alpha value is -2.15. The predicted molar refractivity (Wildman–Crippen MR) is 76.2 cm³/mol. The van der Waals surface area contributed by atoms with Crippen LogP contribution in [-0.4, -0.2) is 33.6 Å². The molecule has 3 rings (SSSR count). The van der Waals surface area contributed by atoms with Crippen molar-refractivity contribution in [3.63, 3.8) is 0 Å². The summed E-state index contributed by atoms with van der Waals surface area (Å²) in [6, 6.07) is 5.88. The lowest BCUT2D eigenvalue weighted by atomic mass is 10.1. The number of aliphatic imine (C=N–C) groups is 1. The highest BCUT2D eigenvalue weighted by atomic mass is 32.2. The van der Waals surface area contributed by atoms with E-state index in [1.807, 2.05) is 0 Å². The van der Waals surface area contributed by atoms with Crippen molar-refractivity contribution in [1.82, 2.24) is 15.5 Å². The van der Waals surface area contributed by atoms with Crippen molar-refractivity contribution in [1.29, 1.82) is 0 Å². The Kier molecular flexibility index (Phi) is 3.51. The van der Waals surface area contributed by atoms with Crippen molar-refractivity contribution in [3.05, 3.63) is 41.8 Å². The molecule has 1 amide bonds. The van der Waals surface area contributed by atoms with Gasteiger partial charge in [-0.25, -0.2) is 4.39 Å². The number of hydrogen-bond acceptors (Lipinski definition) is 4. The van der Waals surface area contributed by atoms with Gasteiger partial charge in [-0.05, 0) is 24.3 Å². The molecule has 5 nitrogen and oxygen atoms in total. The van der Waals surface area contributed by atoms with Gasteiger partial charge in [-0.3, -0.25) is 14.9 Å². The van der Waals surface area contributed by atoms with Gasteiger partial charge in [-0.15, -0.1) is 0 Å². The van der Waals surface area contributed by atoms with Crippen LogP contribution in [-0.2, 0) is 0 Å². The van der Waals surface area contributed by atoms with Gasteiger partial charge in [0.15, 0.2) is 5.17 Å². The highest BCUT2D eigenvalue weighted by molar-refractivity contribution is 8.14. The summed E-state index contributed by atoms with van der Waals surface area (Å²) in [5.41, 5.74) is 1.67. The summed E-state index contributed by atoms with van der Waals surface area (Å²) in [6.45, 7) is 0.719. The lowest BCUT2D eigenvalue weighted by Gasteiger charge is -2.05. The van der Waals surface area contributed by atoms with E-state index in [1.54, 1.807) is 12.1 Å². The van der Waals surface area contributed by atoms with Crippen molar-refractivity contribution in [2.24, 2.45) is 4.99 Å². The fraction of sp³-hybridized carbons (Fsp3) is 0.154. The van der Waals surface area contributed by atoms with Crippen LogP contribution in [0.3, 0.4) is 0 Å². The highest BCUT2D eigenvalue weighted by Crippen LogP contribution is 2.21. The number of thioether (sulfide) groups is 1. The zero-order valence-corrected chi connectivity index (χ0v) is 11.2. The van der Waals surface area contributed by atoms with Crippen molar-refractivity contribution in [2.45, 2.75) is 0 Å². The minimum absolute atomic E-state index is 0.272. The average Bonchev–Trinajstić information content (AvgIpc) is 3.10. The molecular weight excluding hydrogens is 279 g/mol. The van der Waals surface area contributed by atoms with Gasteiger partial charge in [0, 0.05) is 11.3 Å². The van der Waals surface area contributed by atoms with Crippen LogP contribution < -0.4 is 5.32 Å². The minimum Gasteiger partial charge on any atom is -0.301 e. The average molecular weight is 290 g/mol. The number of aromatic amines is 1. The summed E-state index contributed by atoms with van der Waals surface area (Å²) in [6.07, 6.45) is 1.45. The molecule has 0 atom stereocenters. The number of aromatic nitrogens is 2. The van der Waals surface area contributed by atoms with E-state index in [1.165, 1.54) is 30.1 Å². The molecule has 0 bridgehead atoms. The van der Waals surface area contributed by atoms with E-state index < -0.39 is 0 Å². The SMILES string of the molecule is O=C(NC1=NCCS1)c1cn[nH]c1-c1ccc(F)cc1. The Labute approximate surface area is 118 Å². The zero-order valence-electron chi connectivity index (χ0n) is 10.4. The number of halogens is 1. The molecule has 0 radical (unpaired) electrons. The predicted octanol–water partition coefficient (Wildman–Crippen LogP) is 2.05. The van der Waals surface area contributed by atoms with Crippen molar-refractivity contribution in [3.8, 4) is 11.3 Å². The molecule has 1 aliphatic heterocycles. The van der Waals surface area contributed by atoms with Gasteiger partial charge in [-0.1, -0.05) is 11.8 Å². The summed E-state index contributed by atoms with van der Waals surface area (Å²) >= 11 is 1.51. The van der Waals surface area contributed by atoms with Crippen LogP contribution in [0.4, 0.5) is 4.39 Å². The summed E-state index contributed by atoms with van der Waals surface area (Å²) in [5, 5.41) is 10.0. The highest BCUT2D eigenvalue weighted by Gasteiger charge is 2.18. The Morgan fingerprint density at radius 3 is 2.85 bits per heavy atom. The minimum atomic E-state index is -0.323. The Morgan fingerprint density at radius 2 is 2.15 bits per heavy atom. The lowest BCUT2D eigenvalue weighted by Crippen LogP contribution is -2.27. The number of rotatable bonds is 2. The maximum Gasteiger partial charge on any atom is 0.261 e. The number of nitrogens with one attached hydrogen (secondary N) is 2. The van der Waals surface area contributed by atoms with Crippen LogP contribution in [0.15, 0.2) is 35.5 Å². The van der Waals surface area contributed by atoms with Crippen LogP contribution in [0.5, 0.6) is 0 Å².